The second kappa shape index (κ2) is 5.67. The van der Waals surface area contributed by atoms with Crippen LogP contribution in [0.15, 0.2) is 18.2 Å². The number of esters is 1. The maximum absolute atomic E-state index is 13.7. The lowest BCUT2D eigenvalue weighted by atomic mass is 10.1. The molecule has 0 amide bonds. The third-order valence-electron chi connectivity index (χ3n) is 3.23. The summed E-state index contributed by atoms with van der Waals surface area (Å²) in [6.45, 7) is 1.19. The van der Waals surface area contributed by atoms with Gasteiger partial charge in [0.15, 0.2) is 0 Å². The normalized spacial score (nSPS) is 20.1. The summed E-state index contributed by atoms with van der Waals surface area (Å²) in [4.78, 5) is 13.5. The molecule has 1 heterocycles. The summed E-state index contributed by atoms with van der Waals surface area (Å²) in [6, 6.07) is 4.35. The van der Waals surface area contributed by atoms with Crippen molar-refractivity contribution in [2.75, 3.05) is 13.7 Å². The second-order valence-electron chi connectivity index (χ2n) is 4.39. The smallest absolute Gasteiger partial charge is 0.323 e. The molecule has 0 N–H and O–H groups in total. The number of ether oxygens (including phenoxy) is 1. The van der Waals surface area contributed by atoms with Crippen molar-refractivity contribution >= 4 is 17.6 Å². The summed E-state index contributed by atoms with van der Waals surface area (Å²) in [7, 11) is 1.38. The topological polar surface area (TPSA) is 29.5 Å². The van der Waals surface area contributed by atoms with Crippen LogP contribution in [0.1, 0.15) is 18.4 Å². The highest BCUT2D eigenvalue weighted by Gasteiger charge is 2.31. The van der Waals surface area contributed by atoms with Crippen LogP contribution in [0.25, 0.3) is 0 Å². The van der Waals surface area contributed by atoms with Crippen molar-refractivity contribution in [1.29, 1.82) is 0 Å². The first-order chi connectivity index (χ1) is 8.61. The molecule has 18 heavy (non-hydrogen) atoms. The Balaban J connectivity index is 2.10. The van der Waals surface area contributed by atoms with Crippen molar-refractivity contribution in [2.24, 2.45) is 0 Å². The van der Waals surface area contributed by atoms with Gasteiger partial charge in [-0.15, -0.1) is 0 Å². The predicted octanol–water partition coefficient (Wildman–Crippen LogP) is 2.62. The van der Waals surface area contributed by atoms with Crippen LogP contribution in [0.4, 0.5) is 4.39 Å². The van der Waals surface area contributed by atoms with Crippen molar-refractivity contribution in [3.05, 3.63) is 34.6 Å². The molecule has 0 bridgehead atoms. The second-order valence-corrected chi connectivity index (χ2v) is 4.82. The van der Waals surface area contributed by atoms with Crippen molar-refractivity contribution in [2.45, 2.75) is 25.4 Å². The third-order valence-corrected chi connectivity index (χ3v) is 3.46. The quantitative estimate of drug-likeness (QED) is 0.792. The van der Waals surface area contributed by atoms with Gasteiger partial charge in [0.1, 0.15) is 11.9 Å². The van der Waals surface area contributed by atoms with E-state index in [1.165, 1.54) is 13.2 Å². The fourth-order valence-electron chi connectivity index (χ4n) is 2.29. The molecular weight excluding hydrogens is 257 g/mol. The summed E-state index contributed by atoms with van der Waals surface area (Å²) < 4.78 is 18.4. The first-order valence-electron chi connectivity index (χ1n) is 5.87. The van der Waals surface area contributed by atoms with Gasteiger partial charge in [0.25, 0.3) is 0 Å². The van der Waals surface area contributed by atoms with Gasteiger partial charge in [-0.2, -0.15) is 0 Å². The summed E-state index contributed by atoms with van der Waals surface area (Å²) in [5.41, 5.74) is 0.551. The number of halogens is 2. The molecule has 0 aliphatic carbocycles. The summed E-state index contributed by atoms with van der Waals surface area (Å²) in [6.07, 6.45) is 1.69. The van der Waals surface area contributed by atoms with E-state index in [1.807, 2.05) is 4.90 Å². The van der Waals surface area contributed by atoms with E-state index in [0.29, 0.717) is 17.1 Å². The van der Waals surface area contributed by atoms with Crippen LogP contribution in [-0.4, -0.2) is 30.6 Å². The molecule has 98 valence electrons. The Bertz CT molecular complexity index is 453. The van der Waals surface area contributed by atoms with Gasteiger partial charge in [-0.1, -0.05) is 17.7 Å². The fourth-order valence-corrected chi connectivity index (χ4v) is 2.45. The van der Waals surface area contributed by atoms with Crippen LogP contribution in [0.3, 0.4) is 0 Å². The Morgan fingerprint density at radius 3 is 3.06 bits per heavy atom. The first-order valence-corrected chi connectivity index (χ1v) is 6.25. The number of hydrogen-bond donors (Lipinski definition) is 0. The van der Waals surface area contributed by atoms with Crippen molar-refractivity contribution in [3.8, 4) is 0 Å². The highest BCUT2D eigenvalue weighted by atomic mass is 35.5. The molecule has 5 heteroatoms. The van der Waals surface area contributed by atoms with Gasteiger partial charge in [-0.05, 0) is 31.5 Å². The fraction of sp³-hybridized carbons (Fsp3) is 0.462. The van der Waals surface area contributed by atoms with Crippen LogP contribution in [-0.2, 0) is 16.1 Å². The molecule has 0 saturated carbocycles. The van der Waals surface area contributed by atoms with E-state index in [0.717, 1.165) is 19.4 Å². The number of hydrogen-bond acceptors (Lipinski definition) is 3. The van der Waals surface area contributed by atoms with Gasteiger partial charge in [-0.3, -0.25) is 9.69 Å². The Kier molecular flexibility index (Phi) is 4.19. The number of carbonyl (C=O) groups excluding carboxylic acids is 1. The molecule has 1 aromatic rings. The molecule has 2 rings (SSSR count). The molecule has 1 aliphatic rings. The van der Waals surface area contributed by atoms with Gasteiger partial charge >= 0.3 is 5.97 Å². The van der Waals surface area contributed by atoms with Gasteiger partial charge in [0, 0.05) is 17.1 Å². The van der Waals surface area contributed by atoms with E-state index < -0.39 is 0 Å². The minimum atomic E-state index is -0.335. The highest BCUT2D eigenvalue weighted by Crippen LogP contribution is 2.23. The number of carbonyl (C=O) groups is 1. The lowest BCUT2D eigenvalue weighted by molar-refractivity contribution is -0.146. The van der Waals surface area contributed by atoms with E-state index in [-0.39, 0.29) is 17.8 Å². The van der Waals surface area contributed by atoms with Crippen LogP contribution in [0.2, 0.25) is 5.02 Å². The molecular formula is C13H15ClFNO2. The Labute approximate surface area is 110 Å². The molecule has 0 radical (unpaired) electrons. The Morgan fingerprint density at radius 1 is 1.61 bits per heavy atom. The van der Waals surface area contributed by atoms with Crippen LogP contribution in [0.5, 0.6) is 0 Å². The van der Waals surface area contributed by atoms with Gasteiger partial charge in [0.2, 0.25) is 0 Å². The SMILES string of the molecule is COC(=O)C1CCCN1Cc1ccc(Cl)cc1F. The van der Waals surface area contributed by atoms with Crippen molar-refractivity contribution in [1.82, 2.24) is 4.90 Å². The van der Waals surface area contributed by atoms with E-state index in [2.05, 4.69) is 0 Å². The number of likely N-dealkylation sites (tertiary alicyclic amines) is 1. The summed E-state index contributed by atoms with van der Waals surface area (Å²) >= 11 is 5.71. The van der Waals surface area contributed by atoms with E-state index >= 15 is 0 Å². The lowest BCUT2D eigenvalue weighted by Gasteiger charge is -2.22. The lowest BCUT2D eigenvalue weighted by Crippen LogP contribution is -2.36. The Morgan fingerprint density at radius 2 is 2.39 bits per heavy atom. The van der Waals surface area contributed by atoms with Crippen LogP contribution < -0.4 is 0 Å². The Hall–Kier alpha value is -1.13. The van der Waals surface area contributed by atoms with Gasteiger partial charge in [0.05, 0.1) is 7.11 Å². The number of nitrogens with zero attached hydrogens (tertiary/aromatic N) is 1. The average Bonchev–Trinajstić information content (AvgIpc) is 2.80. The van der Waals surface area contributed by atoms with E-state index in [1.54, 1.807) is 12.1 Å². The molecule has 1 aliphatic heterocycles. The maximum Gasteiger partial charge on any atom is 0.323 e. The zero-order valence-electron chi connectivity index (χ0n) is 10.2. The first kappa shape index (κ1) is 13.3. The monoisotopic (exact) mass is 271 g/mol. The molecule has 1 saturated heterocycles. The van der Waals surface area contributed by atoms with Crippen LogP contribution >= 0.6 is 11.6 Å². The van der Waals surface area contributed by atoms with Crippen molar-refractivity contribution in [3.63, 3.8) is 0 Å². The zero-order chi connectivity index (χ0) is 13.1. The standard InChI is InChI=1S/C13H15ClFNO2/c1-18-13(17)12-3-2-6-16(12)8-9-4-5-10(14)7-11(9)15/h4-5,7,12H,2-3,6,8H2,1H3. The van der Waals surface area contributed by atoms with E-state index in [9.17, 15) is 9.18 Å². The largest absolute Gasteiger partial charge is 0.468 e. The van der Waals surface area contributed by atoms with Crippen LogP contribution in [0, 0.1) is 5.82 Å². The minimum Gasteiger partial charge on any atom is -0.468 e. The molecule has 3 nitrogen and oxygen atoms in total. The molecule has 1 atom stereocenters. The minimum absolute atomic E-state index is 0.248. The zero-order valence-corrected chi connectivity index (χ0v) is 10.9. The van der Waals surface area contributed by atoms with Gasteiger partial charge in [-0.25, -0.2) is 4.39 Å². The maximum atomic E-state index is 13.7. The predicted molar refractivity (Wildman–Crippen MR) is 66.9 cm³/mol. The van der Waals surface area contributed by atoms with Gasteiger partial charge < -0.3 is 4.74 Å². The molecule has 0 spiro atoms. The highest BCUT2D eigenvalue weighted by molar-refractivity contribution is 6.30. The summed E-state index contributed by atoms with van der Waals surface area (Å²) in [5, 5.41) is 0.377. The number of benzene rings is 1. The molecule has 1 aromatic carbocycles. The molecule has 1 unspecified atom stereocenters. The summed E-state index contributed by atoms with van der Waals surface area (Å²) in [5.74, 6) is -0.583. The van der Waals surface area contributed by atoms with E-state index in [4.69, 9.17) is 16.3 Å². The number of methoxy groups -OCH3 is 1. The molecule has 1 fully saturated rings. The van der Waals surface area contributed by atoms with Crippen molar-refractivity contribution < 1.29 is 13.9 Å². The average molecular weight is 272 g/mol. The molecule has 0 aromatic heterocycles. The number of rotatable bonds is 3. The third kappa shape index (κ3) is 2.82.